The van der Waals surface area contributed by atoms with E-state index in [4.69, 9.17) is 9.47 Å². The number of ether oxygens (including phenoxy) is 2. The van der Waals surface area contributed by atoms with E-state index in [2.05, 4.69) is 42.4 Å². The van der Waals surface area contributed by atoms with E-state index in [1.54, 1.807) is 11.9 Å². The number of carbonyl (C=O) groups is 2. The molecule has 0 saturated heterocycles. The number of hydrogen-bond acceptors (Lipinski definition) is 8. The summed E-state index contributed by atoms with van der Waals surface area (Å²) in [5.41, 5.74) is 0. The van der Waals surface area contributed by atoms with Gasteiger partial charge in [-0.15, -0.1) is 0 Å². The van der Waals surface area contributed by atoms with Gasteiger partial charge in [-0.05, 0) is 115 Å². The lowest BCUT2D eigenvalue weighted by Crippen LogP contribution is -2.29. The Morgan fingerprint density at radius 3 is 1.42 bits per heavy atom. The monoisotopic (exact) mass is 863 g/mol. The normalized spacial score (nSPS) is 12.2. The van der Waals surface area contributed by atoms with Crippen molar-refractivity contribution in [3.05, 3.63) is 12.3 Å². The number of nitrogens with one attached hydrogen (secondary N) is 1. The third kappa shape index (κ3) is 36.0. The van der Waals surface area contributed by atoms with Gasteiger partial charge in [-0.3, -0.25) is 19.0 Å². The molecule has 0 aliphatic rings. The van der Waals surface area contributed by atoms with Crippen LogP contribution in [0.5, 0.6) is 0 Å². The molecule has 0 bridgehead atoms. The number of nitrogens with zero attached hydrogens (tertiary/aromatic N) is 3. The molecule has 1 atom stereocenters. The van der Waals surface area contributed by atoms with Crippen LogP contribution < -0.4 is 4.72 Å². The van der Waals surface area contributed by atoms with Crippen molar-refractivity contribution in [2.24, 2.45) is 7.05 Å². The minimum atomic E-state index is 0.00000339. The van der Waals surface area contributed by atoms with Crippen LogP contribution in [0, 0.1) is 0 Å². The molecule has 0 radical (unpaired) electrons. The summed E-state index contributed by atoms with van der Waals surface area (Å²) in [6.45, 7) is 13.3. The summed E-state index contributed by atoms with van der Waals surface area (Å²) in [5, 5.41) is 5.46. The van der Waals surface area contributed by atoms with Crippen molar-refractivity contribution in [1.29, 1.82) is 0 Å². The predicted molar refractivity (Wildman–Crippen MR) is 258 cm³/mol. The van der Waals surface area contributed by atoms with Crippen molar-refractivity contribution in [1.82, 2.24) is 19.4 Å². The van der Waals surface area contributed by atoms with Gasteiger partial charge in [-0.2, -0.15) is 5.10 Å². The largest absolute Gasteiger partial charge is 0.462 e. The Kier molecular flexibility index (Phi) is 40.2. The number of aryl methyl sites for hydroxylation is 1. The molecule has 0 aromatic carbocycles. The lowest BCUT2D eigenvalue weighted by atomic mass is 10.0. The molecule has 0 saturated carbocycles. The first-order valence-electron chi connectivity index (χ1n) is 25.9. The predicted octanol–water partition coefficient (Wildman–Crippen LogP) is 14.9. The first-order valence-corrected chi connectivity index (χ1v) is 26.7. The molecule has 1 heterocycles. The summed E-state index contributed by atoms with van der Waals surface area (Å²) < 4.78 is 17.3. The van der Waals surface area contributed by atoms with Gasteiger partial charge in [0, 0.05) is 32.6 Å². The molecule has 0 fully saturated rings. The highest BCUT2D eigenvalue weighted by Crippen LogP contribution is 2.19. The molecule has 60 heavy (non-hydrogen) atoms. The number of hydrogen-bond donors (Lipinski definition) is 1. The van der Waals surface area contributed by atoms with Gasteiger partial charge in [0.25, 0.3) is 0 Å². The van der Waals surface area contributed by atoms with Gasteiger partial charge < -0.3 is 14.4 Å². The van der Waals surface area contributed by atoms with Crippen LogP contribution in [0.3, 0.4) is 0 Å². The Bertz CT molecular complexity index is 1070. The van der Waals surface area contributed by atoms with Gasteiger partial charge in [0.05, 0.1) is 0 Å². The molecule has 0 spiro atoms. The zero-order valence-electron chi connectivity index (χ0n) is 40.3. The molecule has 1 aromatic rings. The fourth-order valence-electron chi connectivity index (χ4n) is 8.11. The molecule has 0 amide bonds. The second-order valence-electron chi connectivity index (χ2n) is 17.9. The number of unbranched alkanes of at least 4 members (excludes halogenated alkanes) is 23. The van der Waals surface area contributed by atoms with Gasteiger partial charge in [0.15, 0.2) is 0 Å². The van der Waals surface area contributed by atoms with Crippen LogP contribution in [0.4, 0.5) is 0 Å². The van der Waals surface area contributed by atoms with Crippen LogP contribution in [0.25, 0.3) is 0 Å². The van der Waals surface area contributed by atoms with E-state index >= 15 is 0 Å². The van der Waals surface area contributed by atoms with Gasteiger partial charge >= 0.3 is 11.9 Å². The van der Waals surface area contributed by atoms with Gasteiger partial charge in [-0.1, -0.05) is 163 Å². The van der Waals surface area contributed by atoms with E-state index in [1.807, 2.05) is 24.0 Å². The average molecular weight is 863 g/mol. The SMILES string of the molecule is CCCCCCCCC(CC)OC(=O)CCCCCCCN(CCCCCCCC(=O)OC(CCCCCCCC)CCCCCCCC)CCCNSc1ccn(C)n1. The Labute approximate surface area is 376 Å². The molecule has 1 unspecified atom stereocenters. The highest BCUT2D eigenvalue weighted by molar-refractivity contribution is 7.97. The fraction of sp³-hybridized carbons (Fsp3) is 0.902. The lowest BCUT2D eigenvalue weighted by Gasteiger charge is -2.22. The average Bonchev–Trinajstić information content (AvgIpc) is 3.66. The molecule has 1 rings (SSSR count). The topological polar surface area (TPSA) is 85.7 Å². The van der Waals surface area contributed by atoms with Crippen molar-refractivity contribution >= 4 is 23.9 Å². The number of aromatic nitrogens is 2. The maximum atomic E-state index is 12.9. The van der Waals surface area contributed by atoms with Crippen molar-refractivity contribution in [2.75, 3.05) is 26.2 Å². The molecule has 352 valence electrons. The smallest absolute Gasteiger partial charge is 0.306 e. The van der Waals surface area contributed by atoms with Crippen LogP contribution in [0.1, 0.15) is 252 Å². The van der Waals surface area contributed by atoms with Crippen LogP contribution in [0.2, 0.25) is 0 Å². The minimum absolute atomic E-state index is 0.00000339. The van der Waals surface area contributed by atoms with Crippen molar-refractivity contribution < 1.29 is 19.1 Å². The fourth-order valence-corrected chi connectivity index (χ4v) is 8.80. The summed E-state index contributed by atoms with van der Waals surface area (Å²) in [7, 11) is 1.95. The van der Waals surface area contributed by atoms with Crippen LogP contribution in [0.15, 0.2) is 17.3 Å². The first-order chi connectivity index (χ1) is 29.4. The van der Waals surface area contributed by atoms with E-state index in [0.29, 0.717) is 12.8 Å². The summed E-state index contributed by atoms with van der Waals surface area (Å²) in [5.74, 6) is 0.0295. The Balaban J connectivity index is 2.35. The number of carbonyl (C=O) groups excluding carboxylic acids is 2. The molecular formula is C51H98N4O4S. The maximum absolute atomic E-state index is 12.9. The second-order valence-corrected chi connectivity index (χ2v) is 18.8. The summed E-state index contributed by atoms with van der Waals surface area (Å²) in [6, 6.07) is 2.04. The second kappa shape index (κ2) is 42.7. The van der Waals surface area contributed by atoms with Crippen molar-refractivity contribution in [3.8, 4) is 0 Å². The van der Waals surface area contributed by atoms with Crippen molar-refractivity contribution in [2.45, 2.75) is 270 Å². The summed E-state index contributed by atoms with van der Waals surface area (Å²) in [6.07, 6.45) is 42.8. The maximum Gasteiger partial charge on any atom is 0.306 e. The summed E-state index contributed by atoms with van der Waals surface area (Å²) >= 11 is 1.61. The summed E-state index contributed by atoms with van der Waals surface area (Å²) in [4.78, 5) is 28.0. The Morgan fingerprint density at radius 1 is 0.567 bits per heavy atom. The van der Waals surface area contributed by atoms with Crippen LogP contribution in [-0.4, -0.2) is 65.0 Å². The zero-order chi connectivity index (χ0) is 43.6. The number of esters is 2. The van der Waals surface area contributed by atoms with E-state index in [0.717, 1.165) is 89.0 Å². The molecule has 0 aliphatic heterocycles. The van der Waals surface area contributed by atoms with Gasteiger partial charge in [-0.25, -0.2) is 0 Å². The highest BCUT2D eigenvalue weighted by Gasteiger charge is 2.15. The molecular weight excluding hydrogens is 765 g/mol. The molecule has 0 aliphatic carbocycles. The lowest BCUT2D eigenvalue weighted by molar-refractivity contribution is -0.150. The van der Waals surface area contributed by atoms with E-state index in [1.165, 1.54) is 154 Å². The molecule has 1 N–H and O–H groups in total. The first kappa shape index (κ1) is 56.4. The van der Waals surface area contributed by atoms with Crippen LogP contribution in [-0.2, 0) is 26.1 Å². The third-order valence-corrected chi connectivity index (χ3v) is 12.8. The Morgan fingerprint density at radius 2 is 0.967 bits per heavy atom. The van der Waals surface area contributed by atoms with E-state index in [9.17, 15) is 9.59 Å². The van der Waals surface area contributed by atoms with E-state index < -0.39 is 0 Å². The molecule has 1 aromatic heterocycles. The third-order valence-electron chi connectivity index (χ3n) is 12.0. The van der Waals surface area contributed by atoms with Crippen LogP contribution >= 0.6 is 11.9 Å². The minimum Gasteiger partial charge on any atom is -0.462 e. The quantitative estimate of drug-likeness (QED) is 0.0394. The zero-order valence-corrected chi connectivity index (χ0v) is 41.1. The standard InChI is InChI=1S/C51H98N4O4S/c1-6-10-13-16-21-28-36-47(9-4)58-50(56)39-31-24-19-26-33-43-55(45-35-42-52-60-49-41-46-54(5)53-49)44-34-27-20-25-32-40-51(57)59-48(37-29-22-17-14-11-7-2)38-30-23-18-15-12-8-3/h41,46-48,52H,6-40,42-45H2,1-5H3. The molecule has 8 nitrogen and oxygen atoms in total. The Hall–Kier alpha value is -1.58. The highest BCUT2D eigenvalue weighted by atomic mass is 32.2. The van der Waals surface area contributed by atoms with Gasteiger partial charge in [0.1, 0.15) is 17.2 Å². The van der Waals surface area contributed by atoms with E-state index in [-0.39, 0.29) is 24.1 Å². The molecule has 9 heteroatoms. The van der Waals surface area contributed by atoms with Crippen molar-refractivity contribution in [3.63, 3.8) is 0 Å². The number of rotatable bonds is 46. The van der Waals surface area contributed by atoms with Gasteiger partial charge in [0.2, 0.25) is 0 Å².